The number of rotatable bonds is 18. The molecule has 0 bridgehead atoms. The van der Waals surface area contributed by atoms with Crippen molar-refractivity contribution in [1.82, 2.24) is 0 Å². The summed E-state index contributed by atoms with van der Waals surface area (Å²) in [5.74, 6) is 0. The Kier molecular flexibility index (Phi) is 14.4. The van der Waals surface area contributed by atoms with Gasteiger partial charge in [0, 0.05) is 5.54 Å². The number of unbranched alkanes of at least 4 members (excludes halogenated alkanes) is 6. The summed E-state index contributed by atoms with van der Waals surface area (Å²) in [6.45, 7) is 22.8. The van der Waals surface area contributed by atoms with E-state index in [0.29, 0.717) is 6.61 Å². The van der Waals surface area contributed by atoms with E-state index in [0.717, 1.165) is 6.42 Å². The molecular weight excluding hydrogens is 445 g/mol. The highest BCUT2D eigenvalue weighted by Gasteiger charge is 2.49. The van der Waals surface area contributed by atoms with Crippen LogP contribution in [0.3, 0.4) is 0 Å². The molecule has 0 rings (SSSR count). The topological polar surface area (TPSA) is 46.2 Å². The highest BCUT2D eigenvalue weighted by Crippen LogP contribution is 2.36. The molecule has 0 aromatic carbocycles. The molecule has 0 aliphatic rings. The number of hydrogen-bond donors (Lipinski definition) is 0. The molecule has 0 N–H and O–H groups in total. The van der Waals surface area contributed by atoms with Crippen LogP contribution in [0, 0.1) is 0 Å². The standard InChI is InChI=1S/C21H52O5Si4/c1-12-13-14-15-16-17-18-19-21(20-23-22-2)30(11,25-28(6,7)8)26-29(9,10)24-27(3,4)5/h21H,12-20H2,1-11H3. The van der Waals surface area contributed by atoms with Crippen LogP contribution in [0.5, 0.6) is 0 Å². The van der Waals surface area contributed by atoms with Gasteiger partial charge in [-0.3, -0.25) is 0 Å². The Hall–Kier alpha value is 0.668. The molecule has 0 spiro atoms. The highest BCUT2D eigenvalue weighted by atomic mass is 28.5. The van der Waals surface area contributed by atoms with Crippen molar-refractivity contribution in [1.29, 1.82) is 0 Å². The first-order valence-corrected chi connectivity index (χ1v) is 23.9. The van der Waals surface area contributed by atoms with Crippen molar-refractivity contribution < 1.29 is 22.1 Å². The van der Waals surface area contributed by atoms with Gasteiger partial charge in [0.2, 0.25) is 0 Å². The first kappa shape index (κ1) is 30.7. The first-order valence-electron chi connectivity index (χ1n) is 11.9. The van der Waals surface area contributed by atoms with Gasteiger partial charge in [0.1, 0.15) is 0 Å². The maximum Gasteiger partial charge on any atom is 0.321 e. The van der Waals surface area contributed by atoms with E-state index < -0.39 is 33.8 Å². The van der Waals surface area contributed by atoms with Crippen molar-refractivity contribution in [3.05, 3.63) is 0 Å². The van der Waals surface area contributed by atoms with Gasteiger partial charge < -0.3 is 12.3 Å². The lowest BCUT2D eigenvalue weighted by Gasteiger charge is -2.44. The average Bonchev–Trinajstić information content (AvgIpc) is 2.51. The van der Waals surface area contributed by atoms with Crippen molar-refractivity contribution >= 4 is 33.8 Å². The molecule has 2 atom stereocenters. The maximum atomic E-state index is 6.91. The molecule has 0 aliphatic carbocycles. The van der Waals surface area contributed by atoms with E-state index >= 15 is 0 Å². The smallest absolute Gasteiger partial charge is 0.321 e. The monoisotopic (exact) mass is 496 g/mol. The van der Waals surface area contributed by atoms with Crippen molar-refractivity contribution in [2.45, 2.75) is 123 Å². The molecule has 182 valence electrons. The summed E-state index contributed by atoms with van der Waals surface area (Å²) in [4.78, 5) is 10.4. The molecule has 0 amide bonds. The Morgan fingerprint density at radius 1 is 0.633 bits per heavy atom. The van der Waals surface area contributed by atoms with Gasteiger partial charge in [-0.2, -0.15) is 0 Å². The predicted molar refractivity (Wildman–Crippen MR) is 138 cm³/mol. The van der Waals surface area contributed by atoms with E-state index in [-0.39, 0.29) is 5.54 Å². The first-order chi connectivity index (χ1) is 13.6. The molecule has 0 saturated heterocycles. The molecule has 0 saturated carbocycles. The molecule has 0 aromatic heterocycles. The lowest BCUT2D eigenvalue weighted by atomic mass is 10.1. The van der Waals surface area contributed by atoms with Crippen LogP contribution in [0.2, 0.25) is 64.5 Å². The molecule has 0 radical (unpaired) electrons. The Morgan fingerprint density at radius 3 is 1.60 bits per heavy atom. The van der Waals surface area contributed by atoms with Crippen LogP contribution in [-0.4, -0.2) is 47.5 Å². The third kappa shape index (κ3) is 15.5. The van der Waals surface area contributed by atoms with Crippen LogP contribution < -0.4 is 0 Å². The fourth-order valence-corrected chi connectivity index (χ4v) is 22.2. The van der Waals surface area contributed by atoms with E-state index in [4.69, 9.17) is 22.1 Å². The third-order valence-electron chi connectivity index (χ3n) is 4.79. The Balaban J connectivity index is 5.30. The third-order valence-corrected chi connectivity index (χ3v) is 18.8. The largest absolute Gasteiger partial charge is 0.437 e. The van der Waals surface area contributed by atoms with Gasteiger partial charge in [-0.15, -0.1) is 0 Å². The fraction of sp³-hybridized carbons (Fsp3) is 1.00. The van der Waals surface area contributed by atoms with Gasteiger partial charge in [0.05, 0.1) is 13.7 Å². The zero-order valence-electron chi connectivity index (χ0n) is 22.0. The normalized spacial score (nSPS) is 16.5. The second-order valence-corrected chi connectivity index (χ2v) is 27.6. The van der Waals surface area contributed by atoms with Gasteiger partial charge in [-0.05, 0) is 65.3 Å². The molecule has 0 heterocycles. The molecule has 0 aliphatic heterocycles. The molecule has 2 unspecified atom stereocenters. The Morgan fingerprint density at radius 2 is 1.13 bits per heavy atom. The summed E-state index contributed by atoms with van der Waals surface area (Å²) < 4.78 is 20.3. The zero-order chi connectivity index (χ0) is 23.5. The Bertz CT molecular complexity index is 452. The average molecular weight is 497 g/mol. The van der Waals surface area contributed by atoms with Crippen LogP contribution in [0.15, 0.2) is 0 Å². The second kappa shape index (κ2) is 14.0. The van der Waals surface area contributed by atoms with Crippen molar-refractivity contribution in [2.75, 3.05) is 13.7 Å². The van der Waals surface area contributed by atoms with E-state index in [1.807, 2.05) is 0 Å². The summed E-state index contributed by atoms with van der Waals surface area (Å²) in [7, 11) is -6.80. The Labute approximate surface area is 192 Å². The van der Waals surface area contributed by atoms with Crippen molar-refractivity contribution in [3.63, 3.8) is 0 Å². The quantitative estimate of drug-likeness (QED) is 0.0847. The predicted octanol–water partition coefficient (Wildman–Crippen LogP) is 7.57. The zero-order valence-corrected chi connectivity index (χ0v) is 26.0. The van der Waals surface area contributed by atoms with E-state index in [2.05, 4.69) is 65.8 Å². The summed E-state index contributed by atoms with van der Waals surface area (Å²) in [5.41, 5.74) is 0.233. The molecule has 9 heteroatoms. The lowest BCUT2D eigenvalue weighted by Crippen LogP contribution is -2.59. The van der Waals surface area contributed by atoms with Crippen molar-refractivity contribution in [2.24, 2.45) is 0 Å². The van der Waals surface area contributed by atoms with E-state index in [9.17, 15) is 0 Å². The van der Waals surface area contributed by atoms with Gasteiger partial charge in [0.25, 0.3) is 0 Å². The minimum Gasteiger partial charge on any atom is -0.437 e. The molecule has 0 aromatic rings. The van der Waals surface area contributed by atoms with Gasteiger partial charge >= 0.3 is 17.1 Å². The van der Waals surface area contributed by atoms with Gasteiger partial charge in [0.15, 0.2) is 16.6 Å². The summed E-state index contributed by atoms with van der Waals surface area (Å²) >= 11 is 0. The van der Waals surface area contributed by atoms with Gasteiger partial charge in [-0.1, -0.05) is 51.9 Å². The van der Waals surface area contributed by atoms with Crippen LogP contribution in [-0.2, 0) is 22.1 Å². The van der Waals surface area contributed by atoms with E-state index in [1.54, 1.807) is 7.11 Å². The summed E-state index contributed by atoms with van der Waals surface area (Å²) in [5, 5.41) is 0. The van der Waals surface area contributed by atoms with Crippen LogP contribution in [0.25, 0.3) is 0 Å². The summed E-state index contributed by atoms with van der Waals surface area (Å²) in [6, 6.07) is 0. The summed E-state index contributed by atoms with van der Waals surface area (Å²) in [6.07, 6.45) is 10.2. The minimum absolute atomic E-state index is 0.233. The van der Waals surface area contributed by atoms with E-state index in [1.165, 1.54) is 44.9 Å². The van der Waals surface area contributed by atoms with Crippen molar-refractivity contribution in [3.8, 4) is 0 Å². The molecular formula is C21H52O5Si4. The van der Waals surface area contributed by atoms with Crippen LogP contribution >= 0.6 is 0 Å². The molecule has 5 nitrogen and oxygen atoms in total. The van der Waals surface area contributed by atoms with Gasteiger partial charge in [-0.25, -0.2) is 9.78 Å². The SMILES string of the molecule is CCCCCCCCCC(COOC)[Si](C)(O[Si](C)(C)C)O[Si](C)(C)O[Si](C)(C)C. The maximum absolute atomic E-state index is 6.91. The highest BCUT2D eigenvalue weighted by molar-refractivity contribution is 6.89. The number of hydrogen-bond acceptors (Lipinski definition) is 5. The van der Waals surface area contributed by atoms with Crippen LogP contribution in [0.4, 0.5) is 0 Å². The fourth-order valence-electron chi connectivity index (χ4n) is 4.04. The lowest BCUT2D eigenvalue weighted by molar-refractivity contribution is -0.273. The molecule has 0 fully saturated rings. The second-order valence-electron chi connectivity index (χ2n) is 11.0. The minimum atomic E-state index is -2.55. The van der Waals surface area contributed by atoms with Crippen LogP contribution in [0.1, 0.15) is 58.3 Å². The molecule has 30 heavy (non-hydrogen) atoms.